The molecule has 1 aromatic heterocycles. The highest BCUT2D eigenvalue weighted by Gasteiger charge is 2.43. The minimum Gasteiger partial charge on any atom is -0.465 e. The van der Waals surface area contributed by atoms with Gasteiger partial charge < -0.3 is 19.5 Å². The Morgan fingerprint density at radius 2 is 1.97 bits per heavy atom. The van der Waals surface area contributed by atoms with Crippen LogP contribution in [0.2, 0.25) is 0 Å². The van der Waals surface area contributed by atoms with Crippen molar-refractivity contribution < 1.29 is 24.2 Å². The second kappa shape index (κ2) is 8.08. The maximum absolute atomic E-state index is 12.3. The second-order valence-electron chi connectivity index (χ2n) is 7.57. The number of aromatic nitrogens is 1. The van der Waals surface area contributed by atoms with E-state index in [9.17, 15) is 14.7 Å². The summed E-state index contributed by atoms with van der Waals surface area (Å²) >= 11 is 0. The lowest BCUT2D eigenvalue weighted by Crippen LogP contribution is -2.47. The summed E-state index contributed by atoms with van der Waals surface area (Å²) in [7, 11) is 3.34. The van der Waals surface area contributed by atoms with Gasteiger partial charge in [-0.2, -0.15) is 0 Å². The lowest BCUT2D eigenvalue weighted by atomic mass is 10.0. The van der Waals surface area contributed by atoms with E-state index in [1.54, 1.807) is 58.4 Å². The predicted molar refractivity (Wildman–Crippen MR) is 106 cm³/mol. The third kappa shape index (κ3) is 4.48. The van der Waals surface area contributed by atoms with Crippen molar-refractivity contribution >= 4 is 12.0 Å². The molecule has 0 aliphatic carbocycles. The molecule has 2 amide bonds. The number of benzene rings is 1. The molecule has 154 valence electrons. The first-order valence-corrected chi connectivity index (χ1v) is 9.28. The van der Waals surface area contributed by atoms with Gasteiger partial charge in [0.25, 0.3) is 5.91 Å². The van der Waals surface area contributed by atoms with Crippen molar-refractivity contribution in [2.24, 2.45) is 0 Å². The summed E-state index contributed by atoms with van der Waals surface area (Å²) < 4.78 is 11.4. The Hall–Kier alpha value is -3.13. The van der Waals surface area contributed by atoms with Gasteiger partial charge in [0.2, 0.25) is 5.88 Å². The molecule has 8 heteroatoms. The largest absolute Gasteiger partial charge is 0.465 e. The van der Waals surface area contributed by atoms with Gasteiger partial charge in [-0.25, -0.2) is 9.78 Å². The molecule has 0 saturated carbocycles. The normalized spacial score (nSPS) is 17.8. The van der Waals surface area contributed by atoms with E-state index in [1.807, 2.05) is 12.1 Å². The molecular weight excluding hydrogens is 374 g/mol. The fraction of sp³-hybridized carbons (Fsp3) is 0.381. The number of ether oxygens (including phenoxy) is 2. The topological polar surface area (TPSA) is 92.2 Å². The third-order valence-corrected chi connectivity index (χ3v) is 4.80. The average molecular weight is 399 g/mol. The van der Waals surface area contributed by atoms with Crippen LogP contribution in [0.3, 0.4) is 0 Å². The summed E-state index contributed by atoms with van der Waals surface area (Å²) in [5, 5.41) is 9.50. The minimum atomic E-state index is -0.995. The van der Waals surface area contributed by atoms with Crippen LogP contribution >= 0.6 is 0 Å². The molecule has 3 rings (SSSR count). The molecular formula is C21H25N3O5. The van der Waals surface area contributed by atoms with Crippen molar-refractivity contribution in [1.82, 2.24) is 14.8 Å². The van der Waals surface area contributed by atoms with E-state index >= 15 is 0 Å². The first kappa shape index (κ1) is 20.6. The number of pyridine rings is 1. The number of nitrogens with zero attached hydrogens (tertiary/aromatic N) is 3. The van der Waals surface area contributed by atoms with Crippen LogP contribution in [-0.4, -0.2) is 64.4 Å². The van der Waals surface area contributed by atoms with Gasteiger partial charge in [-0.15, -0.1) is 0 Å². The number of amides is 2. The predicted octanol–water partition coefficient (Wildman–Crippen LogP) is 3.23. The fourth-order valence-electron chi connectivity index (χ4n) is 3.37. The van der Waals surface area contributed by atoms with Gasteiger partial charge in [-0.3, -0.25) is 9.69 Å². The molecule has 1 aliphatic heterocycles. The number of carboxylic acid groups (broad SMARTS) is 1. The van der Waals surface area contributed by atoms with Crippen molar-refractivity contribution in [3.05, 3.63) is 53.7 Å². The van der Waals surface area contributed by atoms with Crippen LogP contribution in [0.5, 0.6) is 11.6 Å². The lowest BCUT2D eigenvalue weighted by Gasteiger charge is -2.31. The highest BCUT2D eigenvalue weighted by Crippen LogP contribution is 2.30. The van der Waals surface area contributed by atoms with Gasteiger partial charge in [0.1, 0.15) is 17.0 Å². The first-order chi connectivity index (χ1) is 13.7. The lowest BCUT2D eigenvalue weighted by molar-refractivity contribution is -0.0419. The molecule has 1 saturated heterocycles. The van der Waals surface area contributed by atoms with Gasteiger partial charge in [-0.1, -0.05) is 12.1 Å². The summed E-state index contributed by atoms with van der Waals surface area (Å²) in [6.07, 6.45) is 1.10. The van der Waals surface area contributed by atoms with Crippen molar-refractivity contribution in [2.45, 2.75) is 32.0 Å². The van der Waals surface area contributed by atoms with Gasteiger partial charge in [0.15, 0.2) is 0 Å². The Morgan fingerprint density at radius 3 is 2.59 bits per heavy atom. The molecule has 8 nitrogen and oxygen atoms in total. The number of hydrogen-bond donors (Lipinski definition) is 1. The maximum atomic E-state index is 12.3. The van der Waals surface area contributed by atoms with E-state index in [-0.39, 0.29) is 17.8 Å². The van der Waals surface area contributed by atoms with E-state index in [2.05, 4.69) is 4.98 Å². The van der Waals surface area contributed by atoms with E-state index in [4.69, 9.17) is 9.47 Å². The Kier molecular flexibility index (Phi) is 5.74. The molecule has 1 aliphatic rings. The smallest absolute Gasteiger partial charge is 0.409 e. The zero-order valence-corrected chi connectivity index (χ0v) is 17.0. The van der Waals surface area contributed by atoms with Crippen LogP contribution in [0.1, 0.15) is 29.8 Å². The molecule has 0 radical (unpaired) electrons. The van der Waals surface area contributed by atoms with Crippen LogP contribution in [0.25, 0.3) is 0 Å². The molecule has 1 aromatic carbocycles. The number of carbonyl (C=O) groups excluding carboxylic acids is 1. The summed E-state index contributed by atoms with van der Waals surface area (Å²) in [4.78, 5) is 30.9. The van der Waals surface area contributed by atoms with E-state index in [0.717, 1.165) is 5.56 Å². The van der Waals surface area contributed by atoms with Gasteiger partial charge in [-0.05, 0) is 50.1 Å². The highest BCUT2D eigenvalue weighted by atomic mass is 16.5. The van der Waals surface area contributed by atoms with Crippen LogP contribution in [0, 0.1) is 0 Å². The van der Waals surface area contributed by atoms with Gasteiger partial charge >= 0.3 is 6.09 Å². The SMILES string of the molecule is CN(C)C(=O)c1cccnc1Oc1ccc(C[C@H]2COC(C)(C)N2C(=O)O)cc1. The van der Waals surface area contributed by atoms with Crippen molar-refractivity contribution in [3.8, 4) is 11.6 Å². The number of hydrogen-bond acceptors (Lipinski definition) is 5. The van der Waals surface area contributed by atoms with Gasteiger partial charge in [0, 0.05) is 20.3 Å². The van der Waals surface area contributed by atoms with E-state index in [0.29, 0.717) is 24.3 Å². The summed E-state index contributed by atoms with van der Waals surface area (Å²) in [6.45, 7) is 3.84. The first-order valence-electron chi connectivity index (χ1n) is 9.28. The number of carbonyl (C=O) groups is 2. The molecule has 1 atom stereocenters. The van der Waals surface area contributed by atoms with Crippen molar-refractivity contribution in [1.29, 1.82) is 0 Å². The second-order valence-corrected chi connectivity index (χ2v) is 7.57. The van der Waals surface area contributed by atoms with Crippen LogP contribution in [-0.2, 0) is 11.2 Å². The average Bonchev–Trinajstić information content (AvgIpc) is 2.97. The molecule has 2 aromatic rings. The van der Waals surface area contributed by atoms with E-state index in [1.165, 1.54) is 9.80 Å². The molecule has 2 heterocycles. The zero-order chi connectivity index (χ0) is 21.2. The van der Waals surface area contributed by atoms with Crippen LogP contribution in [0.15, 0.2) is 42.6 Å². The molecule has 0 spiro atoms. The summed E-state index contributed by atoms with van der Waals surface area (Å²) in [6, 6.07) is 10.4. The van der Waals surface area contributed by atoms with Crippen LogP contribution in [0.4, 0.5) is 4.79 Å². The van der Waals surface area contributed by atoms with Crippen molar-refractivity contribution in [3.63, 3.8) is 0 Å². The zero-order valence-electron chi connectivity index (χ0n) is 17.0. The standard InChI is InChI=1S/C21H25N3O5/c1-21(2)24(20(26)27)15(13-28-21)12-14-7-9-16(10-8-14)29-18-17(6-5-11-22-18)19(25)23(3)4/h5-11,15H,12-13H2,1-4H3,(H,26,27)/t15-/m0/s1. The molecule has 29 heavy (non-hydrogen) atoms. The summed E-state index contributed by atoms with van der Waals surface area (Å²) in [5.41, 5.74) is 0.498. The van der Waals surface area contributed by atoms with Crippen molar-refractivity contribution in [2.75, 3.05) is 20.7 Å². The fourth-order valence-corrected chi connectivity index (χ4v) is 3.37. The minimum absolute atomic E-state index is 0.192. The Bertz CT molecular complexity index is 895. The Balaban J connectivity index is 1.72. The Morgan fingerprint density at radius 1 is 1.28 bits per heavy atom. The quantitative estimate of drug-likeness (QED) is 0.830. The third-order valence-electron chi connectivity index (χ3n) is 4.80. The van der Waals surface area contributed by atoms with Crippen LogP contribution < -0.4 is 4.74 Å². The molecule has 0 unspecified atom stereocenters. The van der Waals surface area contributed by atoms with E-state index < -0.39 is 11.8 Å². The molecule has 0 bridgehead atoms. The Labute approximate surface area is 169 Å². The molecule has 1 fully saturated rings. The number of rotatable bonds is 5. The monoisotopic (exact) mass is 399 g/mol. The highest BCUT2D eigenvalue weighted by molar-refractivity contribution is 5.96. The summed E-state index contributed by atoms with van der Waals surface area (Å²) in [5.74, 6) is 0.586. The maximum Gasteiger partial charge on any atom is 0.409 e. The van der Waals surface area contributed by atoms with Gasteiger partial charge in [0.05, 0.1) is 12.6 Å². The molecule has 1 N–H and O–H groups in total.